The Kier molecular flexibility index (Phi) is 5.03. The summed E-state index contributed by atoms with van der Waals surface area (Å²) in [6, 6.07) is 7.52. The summed E-state index contributed by atoms with van der Waals surface area (Å²) in [5, 5.41) is 5.27. The van der Waals surface area contributed by atoms with E-state index in [-0.39, 0.29) is 11.8 Å². The maximum absolute atomic E-state index is 12.3. The van der Waals surface area contributed by atoms with Crippen molar-refractivity contribution in [1.29, 1.82) is 0 Å². The molecule has 0 atom stereocenters. The number of ether oxygens (including phenoxy) is 1. The lowest BCUT2D eigenvalue weighted by molar-refractivity contribution is -0.154. The zero-order valence-corrected chi connectivity index (χ0v) is 13.9. The van der Waals surface area contributed by atoms with E-state index in [4.69, 9.17) is 0 Å². The first-order valence-electron chi connectivity index (χ1n) is 7.34. The van der Waals surface area contributed by atoms with Crippen LogP contribution in [-0.2, 0) is 4.79 Å². The fourth-order valence-corrected chi connectivity index (χ4v) is 2.91. The number of fused-ring (bicyclic) bond motifs is 1. The molecule has 0 spiro atoms. The number of pyridine rings is 1. The molecule has 1 aliphatic rings. The summed E-state index contributed by atoms with van der Waals surface area (Å²) in [6.45, 7) is -1.44. The number of carbonyl (C=O) groups is 2. The zero-order valence-electron chi connectivity index (χ0n) is 13.1. The SMILES string of the molecule is O=C1CSc2ccc(C(=O)Nc3ccc(OCC(F)(F)F)nc3)cc2N1. The summed E-state index contributed by atoms with van der Waals surface area (Å²) in [5.41, 5.74) is 1.18. The number of carbonyl (C=O) groups excluding carboxylic acids is 2. The van der Waals surface area contributed by atoms with Crippen molar-refractivity contribution in [3.63, 3.8) is 0 Å². The van der Waals surface area contributed by atoms with Gasteiger partial charge in [0.05, 0.1) is 23.3 Å². The van der Waals surface area contributed by atoms with E-state index < -0.39 is 18.7 Å². The van der Waals surface area contributed by atoms with Gasteiger partial charge in [-0.1, -0.05) is 0 Å². The van der Waals surface area contributed by atoms with Gasteiger partial charge in [0.1, 0.15) is 0 Å². The predicted molar refractivity (Wildman–Crippen MR) is 89.5 cm³/mol. The Labute approximate surface area is 150 Å². The standard InChI is InChI=1S/C16H12F3N3O3S/c17-16(18,19)8-25-14-4-2-10(6-20-14)21-15(24)9-1-3-12-11(5-9)22-13(23)7-26-12/h1-6H,7-8H2,(H,21,24)(H,22,23). The molecule has 0 radical (unpaired) electrons. The fourth-order valence-electron chi connectivity index (χ4n) is 2.12. The summed E-state index contributed by atoms with van der Waals surface area (Å²) < 4.78 is 40.8. The van der Waals surface area contributed by atoms with Crippen molar-refractivity contribution in [2.75, 3.05) is 23.0 Å². The van der Waals surface area contributed by atoms with Gasteiger partial charge in [-0.3, -0.25) is 9.59 Å². The van der Waals surface area contributed by atoms with Crippen LogP contribution < -0.4 is 15.4 Å². The Morgan fingerprint density at radius 2 is 2.12 bits per heavy atom. The molecule has 136 valence electrons. The largest absolute Gasteiger partial charge is 0.468 e. The second kappa shape index (κ2) is 7.24. The van der Waals surface area contributed by atoms with E-state index in [1.807, 2.05) is 0 Å². The van der Waals surface area contributed by atoms with Gasteiger partial charge in [0.2, 0.25) is 11.8 Å². The van der Waals surface area contributed by atoms with E-state index in [0.717, 1.165) is 4.90 Å². The minimum absolute atomic E-state index is 0.140. The van der Waals surface area contributed by atoms with Crippen LogP contribution in [0.3, 0.4) is 0 Å². The van der Waals surface area contributed by atoms with Gasteiger partial charge in [0.25, 0.3) is 5.91 Å². The molecule has 1 aliphatic heterocycles. The van der Waals surface area contributed by atoms with Gasteiger partial charge >= 0.3 is 6.18 Å². The maximum Gasteiger partial charge on any atom is 0.422 e. The van der Waals surface area contributed by atoms with E-state index in [0.29, 0.717) is 22.7 Å². The summed E-state index contributed by atoms with van der Waals surface area (Å²) in [5.74, 6) is -0.455. The molecule has 0 aliphatic carbocycles. The number of hydrogen-bond acceptors (Lipinski definition) is 5. The normalized spacial score (nSPS) is 13.6. The highest BCUT2D eigenvalue weighted by molar-refractivity contribution is 8.00. The van der Waals surface area contributed by atoms with Crippen LogP contribution in [0.15, 0.2) is 41.4 Å². The number of benzene rings is 1. The molecule has 0 bridgehead atoms. The first kappa shape index (κ1) is 18.1. The molecule has 0 saturated heterocycles. The van der Waals surface area contributed by atoms with E-state index >= 15 is 0 Å². The number of anilines is 2. The monoisotopic (exact) mass is 383 g/mol. The number of aromatic nitrogens is 1. The van der Waals surface area contributed by atoms with E-state index in [1.54, 1.807) is 18.2 Å². The molecule has 2 heterocycles. The lowest BCUT2D eigenvalue weighted by Gasteiger charge is -2.17. The minimum Gasteiger partial charge on any atom is -0.468 e. The molecule has 2 amide bonds. The molecule has 0 unspecified atom stereocenters. The average molecular weight is 383 g/mol. The van der Waals surface area contributed by atoms with Gasteiger partial charge < -0.3 is 15.4 Å². The Balaban J connectivity index is 1.65. The third kappa shape index (κ3) is 4.66. The number of alkyl halides is 3. The third-order valence-corrected chi connectivity index (χ3v) is 4.33. The molecule has 2 N–H and O–H groups in total. The number of thioether (sulfide) groups is 1. The van der Waals surface area contributed by atoms with Crippen LogP contribution in [0.5, 0.6) is 5.88 Å². The van der Waals surface area contributed by atoms with Crippen molar-refractivity contribution in [3.8, 4) is 5.88 Å². The third-order valence-electron chi connectivity index (χ3n) is 3.25. The summed E-state index contributed by atoms with van der Waals surface area (Å²) in [4.78, 5) is 28.3. The van der Waals surface area contributed by atoms with E-state index in [1.165, 1.54) is 30.1 Å². The van der Waals surface area contributed by atoms with Crippen molar-refractivity contribution in [2.45, 2.75) is 11.1 Å². The summed E-state index contributed by atoms with van der Waals surface area (Å²) in [7, 11) is 0. The van der Waals surface area contributed by atoms with Crippen molar-refractivity contribution in [3.05, 3.63) is 42.1 Å². The molecule has 0 fully saturated rings. The van der Waals surface area contributed by atoms with Crippen molar-refractivity contribution >= 4 is 35.0 Å². The van der Waals surface area contributed by atoms with Crippen molar-refractivity contribution in [1.82, 2.24) is 4.98 Å². The average Bonchev–Trinajstić information content (AvgIpc) is 2.59. The lowest BCUT2D eigenvalue weighted by atomic mass is 10.1. The number of halogens is 3. The van der Waals surface area contributed by atoms with Crippen LogP contribution in [0.25, 0.3) is 0 Å². The zero-order chi connectivity index (χ0) is 18.7. The Hall–Kier alpha value is -2.75. The summed E-state index contributed by atoms with van der Waals surface area (Å²) >= 11 is 1.38. The molecule has 0 saturated carbocycles. The van der Waals surface area contributed by atoms with Crippen LogP contribution in [0, 0.1) is 0 Å². The Morgan fingerprint density at radius 3 is 2.81 bits per heavy atom. The van der Waals surface area contributed by atoms with Crippen LogP contribution >= 0.6 is 11.8 Å². The molecule has 6 nitrogen and oxygen atoms in total. The number of nitrogens with zero attached hydrogens (tertiary/aromatic N) is 1. The number of hydrogen-bond donors (Lipinski definition) is 2. The Morgan fingerprint density at radius 1 is 1.31 bits per heavy atom. The second-order valence-corrected chi connectivity index (χ2v) is 6.31. The summed E-state index contributed by atoms with van der Waals surface area (Å²) in [6.07, 6.45) is -3.26. The van der Waals surface area contributed by atoms with Crippen LogP contribution in [0.4, 0.5) is 24.5 Å². The molecule has 1 aromatic carbocycles. The predicted octanol–water partition coefficient (Wildman–Crippen LogP) is 3.32. The van der Waals surface area contributed by atoms with Crippen molar-refractivity contribution < 1.29 is 27.5 Å². The molecule has 26 heavy (non-hydrogen) atoms. The van der Waals surface area contributed by atoms with Crippen LogP contribution in [0.1, 0.15) is 10.4 Å². The lowest BCUT2D eigenvalue weighted by Crippen LogP contribution is -2.20. The molecular formula is C16H12F3N3O3S. The highest BCUT2D eigenvalue weighted by Crippen LogP contribution is 2.32. The van der Waals surface area contributed by atoms with Gasteiger partial charge in [-0.15, -0.1) is 11.8 Å². The van der Waals surface area contributed by atoms with Gasteiger partial charge in [0, 0.05) is 16.5 Å². The highest BCUT2D eigenvalue weighted by Gasteiger charge is 2.28. The molecule has 1 aromatic heterocycles. The number of amides is 2. The number of nitrogens with one attached hydrogen (secondary N) is 2. The maximum atomic E-state index is 12.3. The van der Waals surface area contributed by atoms with E-state index in [2.05, 4.69) is 20.4 Å². The minimum atomic E-state index is -4.45. The van der Waals surface area contributed by atoms with Gasteiger partial charge in [-0.2, -0.15) is 13.2 Å². The Bertz CT molecular complexity index is 841. The van der Waals surface area contributed by atoms with Gasteiger partial charge in [-0.05, 0) is 24.3 Å². The second-order valence-electron chi connectivity index (χ2n) is 5.29. The molecule has 10 heteroatoms. The highest BCUT2D eigenvalue weighted by atomic mass is 32.2. The molecule has 2 aromatic rings. The van der Waals surface area contributed by atoms with Crippen molar-refractivity contribution in [2.24, 2.45) is 0 Å². The van der Waals surface area contributed by atoms with Crippen LogP contribution in [-0.4, -0.2) is 35.3 Å². The van der Waals surface area contributed by atoms with Crippen LogP contribution in [0.2, 0.25) is 0 Å². The van der Waals surface area contributed by atoms with E-state index in [9.17, 15) is 22.8 Å². The smallest absolute Gasteiger partial charge is 0.422 e. The van der Waals surface area contributed by atoms with Gasteiger partial charge in [-0.25, -0.2) is 4.98 Å². The first-order valence-corrected chi connectivity index (χ1v) is 8.32. The fraction of sp³-hybridized carbons (Fsp3) is 0.188. The quantitative estimate of drug-likeness (QED) is 0.847. The molecule has 3 rings (SSSR count). The first-order chi connectivity index (χ1) is 12.3. The number of rotatable bonds is 4. The van der Waals surface area contributed by atoms with Gasteiger partial charge in [0.15, 0.2) is 6.61 Å². The topological polar surface area (TPSA) is 80.3 Å². The molecular weight excluding hydrogens is 371 g/mol.